The topological polar surface area (TPSA) is 125 Å². The summed E-state index contributed by atoms with van der Waals surface area (Å²) >= 11 is 0. The van der Waals surface area contributed by atoms with Gasteiger partial charge in [-0.1, -0.05) is 12.1 Å². The van der Waals surface area contributed by atoms with Gasteiger partial charge in [0.25, 0.3) is 17.4 Å². The molecule has 0 unspecified atom stereocenters. The fourth-order valence-corrected chi connectivity index (χ4v) is 3.23. The maximum absolute atomic E-state index is 12.3. The van der Waals surface area contributed by atoms with Gasteiger partial charge in [0.2, 0.25) is 0 Å². The number of Topliss-reactive ketones (excluding diaryl/α,β-unsaturated/α-hetero) is 1. The molecule has 10 nitrogen and oxygen atoms in total. The SMILES string of the molecule is O=C(CN1C(=O)C(=O)c2ccccc21)OCc1cc([N+](=O)[O-])cc2c1OCOC2. The van der Waals surface area contributed by atoms with E-state index in [9.17, 15) is 24.5 Å². The number of hydrogen-bond donors (Lipinski definition) is 0. The number of fused-ring (bicyclic) bond motifs is 2. The van der Waals surface area contributed by atoms with Crippen molar-refractivity contribution in [2.75, 3.05) is 18.2 Å². The Morgan fingerprint density at radius 3 is 2.83 bits per heavy atom. The van der Waals surface area contributed by atoms with Crippen LogP contribution in [0.25, 0.3) is 0 Å². The van der Waals surface area contributed by atoms with Crippen LogP contribution in [-0.2, 0) is 32.3 Å². The van der Waals surface area contributed by atoms with Crippen LogP contribution in [0.3, 0.4) is 0 Å². The zero-order chi connectivity index (χ0) is 20.5. The van der Waals surface area contributed by atoms with Gasteiger partial charge in [0.1, 0.15) is 18.9 Å². The standard InChI is InChI=1S/C19H14N2O8/c22-16(7-20-15-4-2-1-3-14(15)17(23)19(20)24)28-9-12-6-13(21(25)26)5-11-8-27-10-29-18(11)12/h1-6H,7-10H2. The highest BCUT2D eigenvalue weighted by Gasteiger charge is 2.36. The molecule has 10 heteroatoms. The van der Waals surface area contributed by atoms with Gasteiger partial charge in [-0.15, -0.1) is 0 Å². The normalized spacial score (nSPS) is 14.8. The van der Waals surface area contributed by atoms with Crippen molar-refractivity contribution < 1.29 is 33.5 Å². The lowest BCUT2D eigenvalue weighted by Gasteiger charge is -2.21. The number of rotatable bonds is 5. The van der Waals surface area contributed by atoms with Crippen LogP contribution >= 0.6 is 0 Å². The Morgan fingerprint density at radius 2 is 2.03 bits per heavy atom. The van der Waals surface area contributed by atoms with Gasteiger partial charge in [-0.3, -0.25) is 29.4 Å². The van der Waals surface area contributed by atoms with Crippen molar-refractivity contribution in [3.63, 3.8) is 0 Å². The molecule has 148 valence electrons. The van der Waals surface area contributed by atoms with Crippen LogP contribution in [0.2, 0.25) is 0 Å². The molecule has 0 saturated heterocycles. The van der Waals surface area contributed by atoms with Crippen molar-refractivity contribution in [1.82, 2.24) is 0 Å². The first-order valence-corrected chi connectivity index (χ1v) is 8.57. The Hall–Kier alpha value is -3.79. The van der Waals surface area contributed by atoms with Crippen LogP contribution in [0.1, 0.15) is 21.5 Å². The highest BCUT2D eigenvalue weighted by molar-refractivity contribution is 6.52. The molecule has 2 aromatic rings. The Labute approximate surface area is 163 Å². The van der Waals surface area contributed by atoms with Crippen LogP contribution in [0, 0.1) is 10.1 Å². The predicted octanol–water partition coefficient (Wildman–Crippen LogP) is 1.73. The quantitative estimate of drug-likeness (QED) is 0.323. The number of carbonyl (C=O) groups is 3. The lowest BCUT2D eigenvalue weighted by atomic mass is 10.1. The van der Waals surface area contributed by atoms with Gasteiger partial charge >= 0.3 is 5.97 Å². The van der Waals surface area contributed by atoms with Gasteiger partial charge in [0.15, 0.2) is 6.79 Å². The van der Waals surface area contributed by atoms with Crippen LogP contribution in [0.15, 0.2) is 36.4 Å². The summed E-state index contributed by atoms with van der Waals surface area (Å²) in [5.41, 5.74) is 1.18. The third-order valence-corrected chi connectivity index (χ3v) is 4.54. The number of benzene rings is 2. The number of anilines is 1. The van der Waals surface area contributed by atoms with Gasteiger partial charge in [-0.05, 0) is 12.1 Å². The molecule has 0 N–H and O–H groups in total. The molecule has 2 aliphatic heterocycles. The van der Waals surface area contributed by atoms with E-state index in [1.807, 2.05) is 0 Å². The first-order chi connectivity index (χ1) is 14.0. The lowest BCUT2D eigenvalue weighted by Crippen LogP contribution is -2.35. The Kier molecular flexibility index (Phi) is 4.69. The summed E-state index contributed by atoms with van der Waals surface area (Å²) in [5, 5.41) is 11.1. The van der Waals surface area contributed by atoms with Crippen molar-refractivity contribution >= 4 is 29.0 Å². The molecule has 0 atom stereocenters. The molecule has 2 aliphatic rings. The Balaban J connectivity index is 1.49. The maximum atomic E-state index is 12.3. The van der Waals surface area contributed by atoms with E-state index in [1.165, 1.54) is 18.2 Å². The van der Waals surface area contributed by atoms with Gasteiger partial charge in [-0.25, -0.2) is 0 Å². The van der Waals surface area contributed by atoms with Gasteiger partial charge in [0, 0.05) is 23.3 Å². The number of esters is 1. The third-order valence-electron chi connectivity index (χ3n) is 4.54. The summed E-state index contributed by atoms with van der Waals surface area (Å²) in [6.45, 7) is -0.630. The minimum Gasteiger partial charge on any atom is -0.467 e. The zero-order valence-electron chi connectivity index (χ0n) is 15.0. The van der Waals surface area contributed by atoms with Crippen molar-refractivity contribution in [3.8, 4) is 5.75 Å². The number of nitro groups is 1. The molecule has 0 fully saturated rings. The average molecular weight is 398 g/mol. The molecule has 29 heavy (non-hydrogen) atoms. The monoisotopic (exact) mass is 398 g/mol. The number of amides is 1. The summed E-state index contributed by atoms with van der Waals surface area (Å²) in [6.07, 6.45) is 0. The largest absolute Gasteiger partial charge is 0.467 e. The van der Waals surface area contributed by atoms with Crippen LogP contribution in [0.5, 0.6) is 5.75 Å². The number of non-ortho nitro benzene ring substituents is 1. The lowest BCUT2D eigenvalue weighted by molar-refractivity contribution is -0.385. The van der Waals surface area contributed by atoms with E-state index in [0.29, 0.717) is 22.6 Å². The molecule has 0 aliphatic carbocycles. The predicted molar refractivity (Wildman–Crippen MR) is 96.3 cm³/mol. The van der Waals surface area contributed by atoms with Gasteiger partial charge in [-0.2, -0.15) is 0 Å². The first kappa shape index (κ1) is 18.6. The highest BCUT2D eigenvalue weighted by Crippen LogP contribution is 2.33. The number of ketones is 1. The van der Waals surface area contributed by atoms with Crippen molar-refractivity contribution in [2.45, 2.75) is 13.2 Å². The third kappa shape index (κ3) is 3.41. The summed E-state index contributed by atoms with van der Waals surface area (Å²) < 4.78 is 15.7. The van der Waals surface area contributed by atoms with E-state index in [0.717, 1.165) is 4.90 Å². The molecule has 4 rings (SSSR count). The number of ether oxygens (including phenoxy) is 3. The molecule has 1 amide bonds. The molecular formula is C19H14N2O8. The molecular weight excluding hydrogens is 384 g/mol. The van der Waals surface area contributed by atoms with E-state index in [1.54, 1.807) is 18.2 Å². The summed E-state index contributed by atoms with van der Waals surface area (Å²) in [7, 11) is 0. The Morgan fingerprint density at radius 1 is 1.24 bits per heavy atom. The number of nitro benzene ring substituents is 1. The van der Waals surface area contributed by atoms with Gasteiger partial charge in [0.05, 0.1) is 22.8 Å². The smallest absolute Gasteiger partial charge is 0.326 e. The van der Waals surface area contributed by atoms with Crippen LogP contribution < -0.4 is 9.64 Å². The number of hydrogen-bond acceptors (Lipinski definition) is 8. The van der Waals surface area contributed by atoms with Crippen LogP contribution in [0.4, 0.5) is 11.4 Å². The van der Waals surface area contributed by atoms with E-state index >= 15 is 0 Å². The van der Waals surface area contributed by atoms with E-state index in [-0.39, 0.29) is 31.3 Å². The highest BCUT2D eigenvalue weighted by atomic mass is 16.7. The molecule has 0 bridgehead atoms. The maximum Gasteiger partial charge on any atom is 0.326 e. The number of para-hydroxylation sites is 1. The molecule has 0 aromatic heterocycles. The van der Waals surface area contributed by atoms with Crippen molar-refractivity contribution in [1.29, 1.82) is 0 Å². The summed E-state index contributed by atoms with van der Waals surface area (Å²) in [5.74, 6) is -1.89. The number of nitrogens with zero attached hydrogens (tertiary/aromatic N) is 2. The summed E-state index contributed by atoms with van der Waals surface area (Å²) in [6, 6.07) is 8.95. The van der Waals surface area contributed by atoms with Crippen molar-refractivity contribution in [3.05, 3.63) is 63.2 Å². The molecule has 0 saturated carbocycles. The van der Waals surface area contributed by atoms with E-state index in [4.69, 9.17) is 14.2 Å². The molecule has 2 heterocycles. The van der Waals surface area contributed by atoms with Gasteiger partial charge < -0.3 is 14.2 Å². The minimum atomic E-state index is -0.809. The second-order valence-corrected chi connectivity index (χ2v) is 6.36. The van der Waals surface area contributed by atoms with Crippen LogP contribution in [-0.4, -0.2) is 35.9 Å². The fourth-order valence-electron chi connectivity index (χ4n) is 3.23. The molecule has 0 radical (unpaired) electrons. The fraction of sp³-hybridized carbons (Fsp3) is 0.211. The van der Waals surface area contributed by atoms with E-state index < -0.39 is 29.1 Å². The summed E-state index contributed by atoms with van der Waals surface area (Å²) in [4.78, 5) is 48.0. The molecule has 2 aromatic carbocycles. The molecule has 0 spiro atoms. The zero-order valence-corrected chi connectivity index (χ0v) is 15.0. The Bertz CT molecular complexity index is 1050. The average Bonchev–Trinajstić information content (AvgIpc) is 2.97. The number of carbonyl (C=O) groups excluding carboxylic acids is 3. The second kappa shape index (κ2) is 7.32. The second-order valence-electron chi connectivity index (χ2n) is 6.36. The van der Waals surface area contributed by atoms with E-state index in [2.05, 4.69) is 0 Å². The van der Waals surface area contributed by atoms with Crippen molar-refractivity contribution in [2.24, 2.45) is 0 Å². The first-order valence-electron chi connectivity index (χ1n) is 8.57. The minimum absolute atomic E-state index is 0.0209.